The van der Waals surface area contributed by atoms with E-state index in [1.165, 1.54) is 0 Å². The van der Waals surface area contributed by atoms with E-state index in [-0.39, 0.29) is 5.69 Å². The average Bonchev–Trinajstić information content (AvgIpc) is 2.59. The lowest BCUT2D eigenvalue weighted by atomic mass is 10.3. The molecule has 0 amide bonds. The van der Waals surface area contributed by atoms with Gasteiger partial charge < -0.3 is 10.8 Å². The SMILES string of the molecule is NCCc1cn2c(C(=O)O)cccc2n1. The number of hydrogen-bond acceptors (Lipinski definition) is 3. The summed E-state index contributed by atoms with van der Waals surface area (Å²) in [5.74, 6) is -0.961. The molecule has 0 spiro atoms. The molecule has 3 N–H and O–H groups in total. The molecule has 0 aliphatic heterocycles. The maximum absolute atomic E-state index is 10.9. The molecule has 0 saturated carbocycles. The molecule has 2 aromatic heterocycles. The number of pyridine rings is 1. The first-order chi connectivity index (χ1) is 7.22. The summed E-state index contributed by atoms with van der Waals surface area (Å²) in [4.78, 5) is 15.2. The van der Waals surface area contributed by atoms with Crippen molar-refractivity contribution in [2.45, 2.75) is 6.42 Å². The molecule has 0 saturated heterocycles. The van der Waals surface area contributed by atoms with E-state index in [1.54, 1.807) is 28.8 Å². The van der Waals surface area contributed by atoms with Gasteiger partial charge in [-0.1, -0.05) is 6.07 Å². The number of aromatic carboxylic acids is 1. The fraction of sp³-hybridized carbons (Fsp3) is 0.200. The van der Waals surface area contributed by atoms with Crippen LogP contribution in [0.2, 0.25) is 0 Å². The van der Waals surface area contributed by atoms with Gasteiger partial charge in [0, 0.05) is 12.6 Å². The monoisotopic (exact) mass is 205 g/mol. The Balaban J connectivity index is 2.59. The minimum absolute atomic E-state index is 0.211. The average molecular weight is 205 g/mol. The Hall–Kier alpha value is -1.88. The van der Waals surface area contributed by atoms with E-state index in [4.69, 9.17) is 10.8 Å². The van der Waals surface area contributed by atoms with E-state index in [0.717, 1.165) is 5.69 Å². The first kappa shape index (κ1) is 9.67. The van der Waals surface area contributed by atoms with Crippen molar-refractivity contribution in [3.05, 3.63) is 35.8 Å². The summed E-state index contributed by atoms with van der Waals surface area (Å²) >= 11 is 0. The Morgan fingerprint density at radius 3 is 3.00 bits per heavy atom. The zero-order valence-corrected chi connectivity index (χ0v) is 8.05. The van der Waals surface area contributed by atoms with Gasteiger partial charge in [0.15, 0.2) is 0 Å². The van der Waals surface area contributed by atoms with Crippen LogP contribution in [0.4, 0.5) is 0 Å². The third-order valence-electron chi connectivity index (χ3n) is 2.16. The smallest absolute Gasteiger partial charge is 0.352 e. The van der Waals surface area contributed by atoms with Crippen molar-refractivity contribution in [1.82, 2.24) is 9.38 Å². The number of carboxylic acid groups (broad SMARTS) is 1. The number of fused-ring (bicyclic) bond motifs is 1. The summed E-state index contributed by atoms with van der Waals surface area (Å²) in [5.41, 5.74) is 7.07. The van der Waals surface area contributed by atoms with Gasteiger partial charge >= 0.3 is 5.97 Å². The largest absolute Gasteiger partial charge is 0.477 e. The highest BCUT2D eigenvalue weighted by molar-refractivity contribution is 5.86. The normalized spacial score (nSPS) is 10.7. The van der Waals surface area contributed by atoms with Crippen LogP contribution in [-0.2, 0) is 6.42 Å². The molecule has 2 aromatic rings. The molecule has 0 unspecified atom stereocenters. The third-order valence-corrected chi connectivity index (χ3v) is 2.16. The number of hydrogen-bond donors (Lipinski definition) is 2. The number of rotatable bonds is 3. The van der Waals surface area contributed by atoms with E-state index in [0.29, 0.717) is 18.6 Å². The van der Waals surface area contributed by atoms with Gasteiger partial charge in [-0.25, -0.2) is 9.78 Å². The molecular weight excluding hydrogens is 194 g/mol. The number of nitrogens with two attached hydrogens (primary N) is 1. The van der Waals surface area contributed by atoms with Crippen LogP contribution in [0.25, 0.3) is 5.65 Å². The van der Waals surface area contributed by atoms with E-state index < -0.39 is 5.97 Å². The Labute approximate surface area is 86.2 Å². The molecule has 0 aliphatic carbocycles. The lowest BCUT2D eigenvalue weighted by molar-refractivity contribution is 0.0689. The summed E-state index contributed by atoms with van der Waals surface area (Å²) in [6.07, 6.45) is 2.37. The van der Waals surface area contributed by atoms with E-state index in [9.17, 15) is 4.79 Å². The second-order valence-corrected chi connectivity index (χ2v) is 3.22. The predicted molar refractivity (Wildman–Crippen MR) is 54.9 cm³/mol. The second kappa shape index (κ2) is 3.70. The predicted octanol–water partition coefficient (Wildman–Crippen LogP) is 0.534. The molecule has 0 radical (unpaired) electrons. The van der Waals surface area contributed by atoms with Gasteiger partial charge in [0.2, 0.25) is 0 Å². The highest BCUT2D eigenvalue weighted by atomic mass is 16.4. The van der Waals surface area contributed by atoms with Crippen LogP contribution in [0.15, 0.2) is 24.4 Å². The lowest BCUT2D eigenvalue weighted by Crippen LogP contribution is -2.04. The zero-order chi connectivity index (χ0) is 10.8. The Morgan fingerprint density at radius 2 is 2.33 bits per heavy atom. The van der Waals surface area contributed by atoms with Crippen molar-refractivity contribution in [2.75, 3.05) is 6.54 Å². The summed E-state index contributed by atoms with van der Waals surface area (Å²) in [5, 5.41) is 8.95. The molecule has 5 heteroatoms. The van der Waals surface area contributed by atoms with E-state index in [1.807, 2.05) is 0 Å². The van der Waals surface area contributed by atoms with Crippen molar-refractivity contribution in [1.29, 1.82) is 0 Å². The summed E-state index contributed by atoms with van der Waals surface area (Å²) < 4.78 is 1.56. The molecule has 78 valence electrons. The van der Waals surface area contributed by atoms with Gasteiger partial charge in [0.05, 0.1) is 5.69 Å². The topological polar surface area (TPSA) is 80.6 Å². The number of carboxylic acids is 1. The highest BCUT2D eigenvalue weighted by Crippen LogP contribution is 2.09. The second-order valence-electron chi connectivity index (χ2n) is 3.22. The fourth-order valence-corrected chi connectivity index (χ4v) is 1.50. The van der Waals surface area contributed by atoms with Gasteiger partial charge in [0.1, 0.15) is 11.3 Å². The van der Waals surface area contributed by atoms with Crippen molar-refractivity contribution in [2.24, 2.45) is 5.73 Å². The van der Waals surface area contributed by atoms with Gasteiger partial charge in [0.25, 0.3) is 0 Å². The fourth-order valence-electron chi connectivity index (χ4n) is 1.50. The highest BCUT2D eigenvalue weighted by Gasteiger charge is 2.09. The van der Waals surface area contributed by atoms with Crippen molar-refractivity contribution < 1.29 is 9.90 Å². The standard InChI is InChI=1S/C10H11N3O2/c11-5-4-7-6-13-8(10(14)15)2-1-3-9(13)12-7/h1-3,6H,4-5,11H2,(H,14,15). The number of carbonyl (C=O) groups is 1. The number of nitrogens with zero attached hydrogens (tertiary/aromatic N) is 2. The zero-order valence-electron chi connectivity index (χ0n) is 8.05. The Bertz CT molecular complexity index is 504. The molecule has 2 rings (SSSR count). The van der Waals surface area contributed by atoms with Crippen molar-refractivity contribution in [3.8, 4) is 0 Å². The van der Waals surface area contributed by atoms with Crippen molar-refractivity contribution in [3.63, 3.8) is 0 Å². The van der Waals surface area contributed by atoms with Crippen molar-refractivity contribution >= 4 is 11.6 Å². The van der Waals surface area contributed by atoms with E-state index >= 15 is 0 Å². The van der Waals surface area contributed by atoms with Gasteiger partial charge in [-0.2, -0.15) is 0 Å². The maximum Gasteiger partial charge on any atom is 0.352 e. The molecule has 2 heterocycles. The number of aromatic nitrogens is 2. The molecule has 0 bridgehead atoms. The quantitative estimate of drug-likeness (QED) is 0.766. The maximum atomic E-state index is 10.9. The van der Waals surface area contributed by atoms with Crippen LogP contribution in [0, 0.1) is 0 Å². The first-order valence-corrected chi connectivity index (χ1v) is 4.62. The van der Waals surface area contributed by atoms with Crippen LogP contribution in [0.5, 0.6) is 0 Å². The summed E-state index contributed by atoms with van der Waals surface area (Å²) in [6, 6.07) is 4.99. The molecule has 0 atom stereocenters. The molecule has 0 aliphatic rings. The molecule has 15 heavy (non-hydrogen) atoms. The van der Waals surface area contributed by atoms with Crippen LogP contribution < -0.4 is 5.73 Å². The lowest BCUT2D eigenvalue weighted by Gasteiger charge is -1.97. The first-order valence-electron chi connectivity index (χ1n) is 4.62. The van der Waals surface area contributed by atoms with Gasteiger partial charge in [-0.3, -0.25) is 4.40 Å². The van der Waals surface area contributed by atoms with Crippen LogP contribution in [-0.4, -0.2) is 27.0 Å². The van der Waals surface area contributed by atoms with E-state index in [2.05, 4.69) is 4.98 Å². The molecular formula is C10H11N3O2. The van der Waals surface area contributed by atoms with Crippen LogP contribution in [0.1, 0.15) is 16.2 Å². The van der Waals surface area contributed by atoms with Crippen LogP contribution >= 0.6 is 0 Å². The summed E-state index contributed by atoms with van der Waals surface area (Å²) in [7, 11) is 0. The van der Waals surface area contributed by atoms with Gasteiger partial charge in [-0.15, -0.1) is 0 Å². The Morgan fingerprint density at radius 1 is 1.53 bits per heavy atom. The Kier molecular flexibility index (Phi) is 2.39. The van der Waals surface area contributed by atoms with Gasteiger partial charge in [-0.05, 0) is 18.7 Å². The molecule has 0 aromatic carbocycles. The number of imidazole rings is 1. The summed E-state index contributed by atoms with van der Waals surface area (Å²) in [6.45, 7) is 0.506. The minimum atomic E-state index is -0.961. The third kappa shape index (κ3) is 1.69. The molecule has 0 fully saturated rings. The molecule has 5 nitrogen and oxygen atoms in total. The minimum Gasteiger partial charge on any atom is -0.477 e. The van der Waals surface area contributed by atoms with Crippen LogP contribution in [0.3, 0.4) is 0 Å².